The molecule has 0 aromatic heterocycles. The van der Waals surface area contributed by atoms with Gasteiger partial charge in [-0.05, 0) is 77.0 Å². The first kappa shape index (κ1) is 48.4. The van der Waals surface area contributed by atoms with Gasteiger partial charge in [-0.15, -0.1) is 0 Å². The standard InChI is InChI=1S/C45H84O5/c1-4-7-10-13-16-17-18-19-20-21-22-23-24-27-33-38-44(47)49-41-42(40-46)35-30-28-29-34-39-45(48)50-43(36-31-25-14-11-8-5-2)37-32-26-15-12-9-6-3/h16-17,19-20,42-43,46H,4-15,18,21-41H2,1-3H3/b17-16-,20-19-. The Hall–Kier alpha value is -1.62. The Kier molecular flexibility index (Phi) is 38.9. The first-order chi connectivity index (χ1) is 24.6. The summed E-state index contributed by atoms with van der Waals surface area (Å²) in [5.41, 5.74) is 0. The van der Waals surface area contributed by atoms with Gasteiger partial charge in [-0.25, -0.2) is 0 Å². The van der Waals surface area contributed by atoms with E-state index in [2.05, 4.69) is 45.1 Å². The highest BCUT2D eigenvalue weighted by Crippen LogP contribution is 2.19. The number of hydrogen-bond acceptors (Lipinski definition) is 5. The summed E-state index contributed by atoms with van der Waals surface area (Å²) < 4.78 is 11.5. The molecule has 0 aliphatic heterocycles. The van der Waals surface area contributed by atoms with E-state index < -0.39 is 0 Å². The lowest BCUT2D eigenvalue weighted by Gasteiger charge is -2.18. The Balaban J connectivity index is 3.94. The van der Waals surface area contributed by atoms with Crippen molar-refractivity contribution in [1.82, 2.24) is 0 Å². The molecule has 0 aromatic rings. The monoisotopic (exact) mass is 705 g/mol. The van der Waals surface area contributed by atoms with Crippen LogP contribution in [0.5, 0.6) is 0 Å². The number of carbonyl (C=O) groups is 2. The number of ether oxygens (including phenoxy) is 2. The second-order valence-electron chi connectivity index (χ2n) is 14.9. The van der Waals surface area contributed by atoms with Gasteiger partial charge in [0.05, 0.1) is 6.61 Å². The minimum Gasteiger partial charge on any atom is -0.465 e. The molecule has 0 heterocycles. The van der Waals surface area contributed by atoms with Crippen LogP contribution in [0, 0.1) is 5.92 Å². The number of unbranched alkanes of at least 4 members (excludes halogenated alkanes) is 21. The summed E-state index contributed by atoms with van der Waals surface area (Å²) in [5.74, 6) is -0.173. The number of allylic oxidation sites excluding steroid dienone is 4. The smallest absolute Gasteiger partial charge is 0.306 e. The molecule has 50 heavy (non-hydrogen) atoms. The molecule has 0 saturated carbocycles. The van der Waals surface area contributed by atoms with E-state index in [1.807, 2.05) is 0 Å². The maximum atomic E-state index is 12.7. The van der Waals surface area contributed by atoms with Crippen molar-refractivity contribution in [2.75, 3.05) is 13.2 Å². The highest BCUT2D eigenvalue weighted by molar-refractivity contribution is 5.69. The molecule has 1 atom stereocenters. The fraction of sp³-hybridized carbons (Fsp3) is 0.867. The van der Waals surface area contributed by atoms with Crippen LogP contribution in [0.4, 0.5) is 0 Å². The van der Waals surface area contributed by atoms with E-state index >= 15 is 0 Å². The van der Waals surface area contributed by atoms with Crippen LogP contribution in [0.25, 0.3) is 0 Å². The van der Waals surface area contributed by atoms with E-state index in [0.29, 0.717) is 19.4 Å². The normalized spacial score (nSPS) is 12.4. The number of rotatable bonds is 39. The lowest BCUT2D eigenvalue weighted by molar-refractivity contribution is -0.150. The lowest BCUT2D eigenvalue weighted by Crippen LogP contribution is -2.18. The summed E-state index contributed by atoms with van der Waals surface area (Å²) in [7, 11) is 0. The minimum absolute atomic E-state index is 0.00165. The van der Waals surface area contributed by atoms with Crippen molar-refractivity contribution in [3.05, 3.63) is 24.3 Å². The van der Waals surface area contributed by atoms with Gasteiger partial charge in [0, 0.05) is 25.4 Å². The maximum absolute atomic E-state index is 12.7. The largest absolute Gasteiger partial charge is 0.465 e. The molecule has 0 aliphatic rings. The molecular weight excluding hydrogens is 620 g/mol. The summed E-state index contributed by atoms with van der Waals surface area (Å²) in [5, 5.41) is 9.79. The van der Waals surface area contributed by atoms with Gasteiger partial charge in [0.2, 0.25) is 0 Å². The molecule has 0 aliphatic carbocycles. The van der Waals surface area contributed by atoms with Crippen molar-refractivity contribution in [3.63, 3.8) is 0 Å². The van der Waals surface area contributed by atoms with E-state index in [0.717, 1.165) is 89.9 Å². The van der Waals surface area contributed by atoms with Crippen LogP contribution < -0.4 is 0 Å². The van der Waals surface area contributed by atoms with Crippen LogP contribution in [-0.4, -0.2) is 36.4 Å². The van der Waals surface area contributed by atoms with Crippen molar-refractivity contribution >= 4 is 11.9 Å². The Morgan fingerprint density at radius 2 is 0.920 bits per heavy atom. The predicted molar refractivity (Wildman–Crippen MR) is 214 cm³/mol. The summed E-state index contributed by atoms with van der Waals surface area (Å²) in [6.07, 6.45) is 45.0. The molecule has 5 heteroatoms. The lowest BCUT2D eigenvalue weighted by atomic mass is 10.0. The van der Waals surface area contributed by atoms with Crippen molar-refractivity contribution in [2.45, 2.75) is 232 Å². The van der Waals surface area contributed by atoms with Crippen LogP contribution in [0.1, 0.15) is 226 Å². The van der Waals surface area contributed by atoms with Crippen molar-refractivity contribution in [2.24, 2.45) is 5.92 Å². The van der Waals surface area contributed by atoms with E-state index in [1.54, 1.807) is 0 Å². The molecule has 0 bridgehead atoms. The van der Waals surface area contributed by atoms with Gasteiger partial charge in [0.15, 0.2) is 0 Å². The van der Waals surface area contributed by atoms with E-state index in [4.69, 9.17) is 9.47 Å². The molecule has 0 aromatic carbocycles. The average molecular weight is 705 g/mol. The number of esters is 2. The minimum atomic E-state index is -0.140. The number of carbonyl (C=O) groups excluding carboxylic acids is 2. The van der Waals surface area contributed by atoms with E-state index in [-0.39, 0.29) is 30.6 Å². The number of hydrogen-bond donors (Lipinski definition) is 1. The third-order valence-corrected chi connectivity index (χ3v) is 9.87. The Morgan fingerprint density at radius 1 is 0.500 bits per heavy atom. The molecule has 0 spiro atoms. The predicted octanol–water partition coefficient (Wildman–Crippen LogP) is 13.7. The fourth-order valence-corrected chi connectivity index (χ4v) is 6.46. The average Bonchev–Trinajstić information content (AvgIpc) is 3.12. The van der Waals surface area contributed by atoms with Crippen LogP contribution >= 0.6 is 0 Å². The molecule has 5 nitrogen and oxygen atoms in total. The van der Waals surface area contributed by atoms with Crippen LogP contribution in [0.2, 0.25) is 0 Å². The summed E-state index contributed by atoms with van der Waals surface area (Å²) >= 11 is 0. The highest BCUT2D eigenvalue weighted by atomic mass is 16.5. The molecule has 0 radical (unpaired) electrons. The second-order valence-corrected chi connectivity index (χ2v) is 14.9. The van der Waals surface area contributed by atoms with Crippen molar-refractivity contribution in [1.29, 1.82) is 0 Å². The molecule has 0 saturated heterocycles. The van der Waals surface area contributed by atoms with Gasteiger partial charge in [-0.3, -0.25) is 9.59 Å². The number of aliphatic hydroxyl groups is 1. The van der Waals surface area contributed by atoms with Gasteiger partial charge in [-0.1, -0.05) is 161 Å². The van der Waals surface area contributed by atoms with Gasteiger partial charge in [-0.2, -0.15) is 0 Å². The molecule has 0 amide bonds. The zero-order valence-electron chi connectivity index (χ0n) is 33.6. The topological polar surface area (TPSA) is 72.8 Å². The summed E-state index contributed by atoms with van der Waals surface area (Å²) in [6, 6.07) is 0. The van der Waals surface area contributed by atoms with Gasteiger partial charge in [0.1, 0.15) is 6.10 Å². The van der Waals surface area contributed by atoms with Crippen molar-refractivity contribution in [3.8, 4) is 0 Å². The molecule has 1 N–H and O–H groups in total. The Morgan fingerprint density at radius 3 is 1.46 bits per heavy atom. The van der Waals surface area contributed by atoms with Gasteiger partial charge in [0.25, 0.3) is 0 Å². The van der Waals surface area contributed by atoms with E-state index in [1.165, 1.54) is 103 Å². The van der Waals surface area contributed by atoms with Crippen LogP contribution in [0.3, 0.4) is 0 Å². The number of aliphatic hydroxyl groups excluding tert-OH is 1. The van der Waals surface area contributed by atoms with Gasteiger partial charge >= 0.3 is 11.9 Å². The zero-order valence-corrected chi connectivity index (χ0v) is 33.6. The van der Waals surface area contributed by atoms with E-state index in [9.17, 15) is 14.7 Å². The SMILES string of the molecule is CCCCC/C=C\C/C=C\CCCCCCCC(=O)OCC(CO)CCCCCCC(=O)OC(CCCCCCCC)CCCCCCCC. The van der Waals surface area contributed by atoms with Crippen molar-refractivity contribution < 1.29 is 24.2 Å². The third-order valence-electron chi connectivity index (χ3n) is 9.87. The molecule has 1 unspecified atom stereocenters. The quantitative estimate of drug-likeness (QED) is 0.0392. The van der Waals surface area contributed by atoms with Gasteiger partial charge < -0.3 is 14.6 Å². The maximum Gasteiger partial charge on any atom is 0.306 e. The molecule has 0 rings (SSSR count). The molecular formula is C45H84O5. The summed E-state index contributed by atoms with van der Waals surface area (Å²) in [4.78, 5) is 24.9. The molecule has 294 valence electrons. The van der Waals surface area contributed by atoms with Crippen LogP contribution in [0.15, 0.2) is 24.3 Å². The third kappa shape index (κ3) is 36.2. The zero-order chi connectivity index (χ0) is 36.6. The first-order valence-electron chi connectivity index (χ1n) is 21.8. The van der Waals surface area contributed by atoms with Crippen LogP contribution in [-0.2, 0) is 19.1 Å². The Labute approximate surface area is 311 Å². The summed E-state index contributed by atoms with van der Waals surface area (Å²) in [6.45, 7) is 7.10. The second kappa shape index (κ2) is 40.2. The Bertz CT molecular complexity index is 759. The fourth-order valence-electron chi connectivity index (χ4n) is 6.46. The first-order valence-corrected chi connectivity index (χ1v) is 21.8. The highest BCUT2D eigenvalue weighted by Gasteiger charge is 2.15. The molecule has 0 fully saturated rings.